The molecule has 0 bridgehead atoms. The van der Waals surface area contributed by atoms with Crippen molar-refractivity contribution >= 4 is 0 Å². The third kappa shape index (κ3) is 2.13. The van der Waals surface area contributed by atoms with E-state index in [0.29, 0.717) is 0 Å². The van der Waals surface area contributed by atoms with Crippen LogP contribution in [0.4, 0.5) is 0 Å². The van der Waals surface area contributed by atoms with E-state index >= 15 is 0 Å². The molecule has 0 N–H and O–H groups in total. The van der Waals surface area contributed by atoms with E-state index in [0.717, 1.165) is 11.4 Å². The van der Waals surface area contributed by atoms with Crippen LogP contribution in [0.15, 0.2) is 30.3 Å². The van der Waals surface area contributed by atoms with Gasteiger partial charge in [0.2, 0.25) is 0 Å². The fourth-order valence-electron chi connectivity index (χ4n) is 2.08. The molecule has 0 spiro atoms. The molecule has 2 aromatic rings. The molecule has 1 heteroatoms. The van der Waals surface area contributed by atoms with Gasteiger partial charge in [0.1, 0.15) is 0 Å². The zero-order valence-corrected chi connectivity index (χ0v) is 10.3. The first kappa shape index (κ1) is 10.9. The summed E-state index contributed by atoms with van der Waals surface area (Å²) in [5, 5.41) is 0. The molecule has 0 unspecified atom stereocenters. The summed E-state index contributed by atoms with van der Waals surface area (Å²) in [5.41, 5.74) is 7.24. The van der Waals surface area contributed by atoms with Crippen molar-refractivity contribution in [1.82, 2.24) is 4.98 Å². The van der Waals surface area contributed by atoms with Crippen molar-refractivity contribution in [3.63, 3.8) is 0 Å². The van der Waals surface area contributed by atoms with E-state index in [-0.39, 0.29) is 0 Å². The van der Waals surface area contributed by atoms with Gasteiger partial charge in [-0.05, 0) is 51.0 Å². The fourth-order valence-corrected chi connectivity index (χ4v) is 2.08. The van der Waals surface area contributed by atoms with Gasteiger partial charge in [-0.15, -0.1) is 0 Å². The smallest absolute Gasteiger partial charge is 0.0710 e. The maximum absolute atomic E-state index is 4.59. The topological polar surface area (TPSA) is 12.9 Å². The Labute approximate surface area is 97.2 Å². The summed E-state index contributed by atoms with van der Waals surface area (Å²) in [6.07, 6.45) is 0. The van der Waals surface area contributed by atoms with Crippen molar-refractivity contribution in [3.8, 4) is 11.3 Å². The maximum Gasteiger partial charge on any atom is 0.0710 e. The Morgan fingerprint density at radius 1 is 0.812 bits per heavy atom. The third-order valence-electron chi connectivity index (χ3n) is 2.76. The Kier molecular flexibility index (Phi) is 2.78. The van der Waals surface area contributed by atoms with Gasteiger partial charge in [-0.1, -0.05) is 23.8 Å². The van der Waals surface area contributed by atoms with Crippen LogP contribution in [0.1, 0.15) is 22.4 Å². The summed E-state index contributed by atoms with van der Waals surface area (Å²) in [5.74, 6) is 0. The number of rotatable bonds is 1. The molecule has 0 saturated carbocycles. The molecule has 0 saturated heterocycles. The lowest BCUT2D eigenvalue weighted by Gasteiger charge is -2.08. The van der Waals surface area contributed by atoms with Gasteiger partial charge in [-0.2, -0.15) is 0 Å². The highest BCUT2D eigenvalue weighted by Crippen LogP contribution is 2.23. The zero-order chi connectivity index (χ0) is 11.7. The molecule has 2 rings (SSSR count). The van der Waals surface area contributed by atoms with E-state index in [1.54, 1.807) is 0 Å². The minimum absolute atomic E-state index is 1.08. The van der Waals surface area contributed by atoms with Crippen LogP contribution in [0.25, 0.3) is 11.3 Å². The Morgan fingerprint density at radius 3 is 2.19 bits per heavy atom. The van der Waals surface area contributed by atoms with Gasteiger partial charge in [0, 0.05) is 11.3 Å². The van der Waals surface area contributed by atoms with Crippen molar-refractivity contribution in [3.05, 3.63) is 52.7 Å². The van der Waals surface area contributed by atoms with E-state index < -0.39 is 0 Å². The van der Waals surface area contributed by atoms with Gasteiger partial charge in [0.15, 0.2) is 0 Å². The van der Waals surface area contributed by atoms with E-state index in [9.17, 15) is 0 Å². The van der Waals surface area contributed by atoms with Crippen LogP contribution >= 0.6 is 0 Å². The molecule has 0 radical (unpaired) electrons. The second-order valence-electron chi connectivity index (χ2n) is 4.49. The quantitative estimate of drug-likeness (QED) is 0.695. The Hall–Kier alpha value is -1.63. The highest BCUT2D eigenvalue weighted by Gasteiger charge is 2.04. The second kappa shape index (κ2) is 4.09. The number of benzene rings is 1. The molecule has 82 valence electrons. The summed E-state index contributed by atoms with van der Waals surface area (Å²) < 4.78 is 0. The predicted octanol–water partition coefficient (Wildman–Crippen LogP) is 3.98. The number of pyridine rings is 1. The minimum atomic E-state index is 1.08. The minimum Gasteiger partial charge on any atom is -0.253 e. The van der Waals surface area contributed by atoms with E-state index in [1.807, 2.05) is 6.92 Å². The molecule has 1 aromatic heterocycles. The van der Waals surface area contributed by atoms with Crippen LogP contribution < -0.4 is 0 Å². The SMILES string of the molecule is Cc1cc(C)nc(-c2ccc(C)cc2C)c1. The van der Waals surface area contributed by atoms with Gasteiger partial charge in [-0.3, -0.25) is 4.98 Å². The highest BCUT2D eigenvalue weighted by atomic mass is 14.7. The van der Waals surface area contributed by atoms with Gasteiger partial charge in [0.05, 0.1) is 5.69 Å². The Morgan fingerprint density at radius 2 is 1.56 bits per heavy atom. The van der Waals surface area contributed by atoms with Crippen molar-refractivity contribution in [2.75, 3.05) is 0 Å². The first-order chi connectivity index (χ1) is 7.56. The normalized spacial score (nSPS) is 10.5. The molecule has 0 fully saturated rings. The fraction of sp³-hybridized carbons (Fsp3) is 0.267. The van der Waals surface area contributed by atoms with Gasteiger partial charge in [-0.25, -0.2) is 0 Å². The molecule has 1 aromatic carbocycles. The molecule has 0 atom stereocenters. The average molecular weight is 211 g/mol. The van der Waals surface area contributed by atoms with Crippen molar-refractivity contribution in [2.45, 2.75) is 27.7 Å². The lowest BCUT2D eigenvalue weighted by molar-refractivity contribution is 1.17. The Balaban J connectivity index is 2.58. The van der Waals surface area contributed by atoms with Crippen LogP contribution in [0.3, 0.4) is 0 Å². The summed E-state index contributed by atoms with van der Waals surface area (Å²) in [6.45, 7) is 8.41. The van der Waals surface area contributed by atoms with Crippen LogP contribution in [0.5, 0.6) is 0 Å². The predicted molar refractivity (Wildman–Crippen MR) is 68.6 cm³/mol. The maximum atomic E-state index is 4.59. The molecule has 1 heterocycles. The molecule has 16 heavy (non-hydrogen) atoms. The molecular formula is C15H17N. The standard InChI is InChI=1S/C15H17N/c1-10-5-6-14(12(3)7-10)15-9-11(2)8-13(4)16-15/h5-9H,1-4H3. The molecule has 0 amide bonds. The van der Waals surface area contributed by atoms with Crippen LogP contribution in [-0.4, -0.2) is 4.98 Å². The van der Waals surface area contributed by atoms with Crippen molar-refractivity contribution < 1.29 is 0 Å². The largest absolute Gasteiger partial charge is 0.253 e. The summed E-state index contributed by atoms with van der Waals surface area (Å²) >= 11 is 0. The number of aromatic nitrogens is 1. The lowest BCUT2D eigenvalue weighted by Crippen LogP contribution is -1.91. The first-order valence-corrected chi connectivity index (χ1v) is 5.59. The van der Waals surface area contributed by atoms with Gasteiger partial charge < -0.3 is 0 Å². The van der Waals surface area contributed by atoms with E-state index in [4.69, 9.17) is 0 Å². The highest BCUT2D eigenvalue weighted by molar-refractivity contribution is 5.64. The number of hydrogen-bond donors (Lipinski definition) is 0. The average Bonchev–Trinajstić information content (AvgIpc) is 2.15. The Bertz CT molecular complexity index is 507. The first-order valence-electron chi connectivity index (χ1n) is 5.59. The van der Waals surface area contributed by atoms with Gasteiger partial charge >= 0.3 is 0 Å². The van der Waals surface area contributed by atoms with Crippen molar-refractivity contribution in [1.29, 1.82) is 0 Å². The molecular weight excluding hydrogens is 194 g/mol. The third-order valence-corrected chi connectivity index (χ3v) is 2.76. The number of nitrogens with zero attached hydrogens (tertiary/aromatic N) is 1. The van der Waals surface area contributed by atoms with Crippen LogP contribution in [0.2, 0.25) is 0 Å². The van der Waals surface area contributed by atoms with Crippen molar-refractivity contribution in [2.24, 2.45) is 0 Å². The molecule has 0 aliphatic carbocycles. The summed E-state index contributed by atoms with van der Waals surface area (Å²) in [4.78, 5) is 4.59. The van der Waals surface area contributed by atoms with E-state index in [1.165, 1.54) is 22.3 Å². The summed E-state index contributed by atoms with van der Waals surface area (Å²) in [7, 11) is 0. The zero-order valence-electron chi connectivity index (χ0n) is 10.3. The molecule has 1 nitrogen and oxygen atoms in total. The molecule has 0 aliphatic rings. The summed E-state index contributed by atoms with van der Waals surface area (Å²) in [6, 6.07) is 10.7. The molecule has 0 aliphatic heterocycles. The lowest BCUT2D eigenvalue weighted by atomic mass is 10.0. The monoisotopic (exact) mass is 211 g/mol. The number of aryl methyl sites for hydroxylation is 4. The van der Waals surface area contributed by atoms with Crippen LogP contribution in [0, 0.1) is 27.7 Å². The number of hydrogen-bond acceptors (Lipinski definition) is 1. The van der Waals surface area contributed by atoms with E-state index in [2.05, 4.69) is 56.1 Å². The van der Waals surface area contributed by atoms with Gasteiger partial charge in [0.25, 0.3) is 0 Å². The second-order valence-corrected chi connectivity index (χ2v) is 4.49. The van der Waals surface area contributed by atoms with Crippen LogP contribution in [-0.2, 0) is 0 Å².